The summed E-state index contributed by atoms with van der Waals surface area (Å²) in [6.45, 7) is 0.396. The Hall–Kier alpha value is -1.46. The van der Waals surface area contributed by atoms with Crippen LogP contribution < -0.4 is 5.73 Å². The van der Waals surface area contributed by atoms with Gasteiger partial charge in [0.1, 0.15) is 6.54 Å². The molecule has 0 aliphatic carbocycles. The third-order valence-electron chi connectivity index (χ3n) is 2.63. The molecule has 0 atom stereocenters. The Morgan fingerprint density at radius 1 is 1.56 bits per heavy atom. The first-order valence-electron chi connectivity index (χ1n) is 5.15. The van der Waals surface area contributed by atoms with Crippen molar-refractivity contribution < 1.29 is 9.53 Å². The minimum absolute atomic E-state index is 0.0219. The van der Waals surface area contributed by atoms with Gasteiger partial charge in [0.05, 0.1) is 29.4 Å². The van der Waals surface area contributed by atoms with Crippen molar-refractivity contribution in [3.63, 3.8) is 0 Å². The summed E-state index contributed by atoms with van der Waals surface area (Å²) in [6, 6.07) is 3.40. The highest BCUT2D eigenvalue weighted by atomic mass is 35.5. The first kappa shape index (κ1) is 13.0. The molecule has 0 bridgehead atoms. The number of methoxy groups -OCH3 is 1. The van der Waals surface area contributed by atoms with Crippen molar-refractivity contribution in [2.45, 2.75) is 6.54 Å². The predicted octanol–water partition coefficient (Wildman–Crippen LogP) is 1.93. The van der Waals surface area contributed by atoms with Gasteiger partial charge >= 0.3 is 5.97 Å². The van der Waals surface area contributed by atoms with Crippen molar-refractivity contribution in [1.29, 1.82) is 0 Å². The number of hydrogen-bond acceptors (Lipinski definition) is 5. The van der Waals surface area contributed by atoms with Crippen LogP contribution in [0.25, 0.3) is 0 Å². The van der Waals surface area contributed by atoms with E-state index in [1.165, 1.54) is 7.11 Å². The first-order valence-corrected chi connectivity index (χ1v) is 5.91. The zero-order valence-corrected chi connectivity index (χ0v) is 11.1. The van der Waals surface area contributed by atoms with E-state index in [-0.39, 0.29) is 12.5 Å². The SMILES string of the molecule is COC(=O)CN1Cc2c(ccc(Cl)c2Cl)N=C1N. The summed E-state index contributed by atoms with van der Waals surface area (Å²) < 4.78 is 4.59. The van der Waals surface area contributed by atoms with Crippen molar-refractivity contribution in [1.82, 2.24) is 4.90 Å². The molecule has 1 aliphatic heterocycles. The Bertz CT molecular complexity index is 531. The van der Waals surface area contributed by atoms with Crippen molar-refractivity contribution >= 4 is 40.8 Å². The van der Waals surface area contributed by atoms with Gasteiger partial charge in [0.25, 0.3) is 0 Å². The lowest BCUT2D eigenvalue weighted by atomic mass is 10.1. The molecule has 1 aromatic carbocycles. The van der Waals surface area contributed by atoms with E-state index in [4.69, 9.17) is 28.9 Å². The number of aliphatic imine (C=N–C) groups is 1. The summed E-state index contributed by atoms with van der Waals surface area (Å²) in [5.74, 6) is -0.138. The number of benzene rings is 1. The fraction of sp³-hybridized carbons (Fsp3) is 0.273. The van der Waals surface area contributed by atoms with E-state index in [1.54, 1.807) is 17.0 Å². The van der Waals surface area contributed by atoms with E-state index in [9.17, 15) is 4.79 Å². The zero-order chi connectivity index (χ0) is 13.3. The molecule has 0 aromatic heterocycles. The van der Waals surface area contributed by atoms with E-state index in [2.05, 4.69) is 9.73 Å². The lowest BCUT2D eigenvalue weighted by Gasteiger charge is -2.27. The van der Waals surface area contributed by atoms with Gasteiger partial charge in [-0.3, -0.25) is 4.79 Å². The van der Waals surface area contributed by atoms with Crippen molar-refractivity contribution in [2.24, 2.45) is 10.7 Å². The van der Waals surface area contributed by atoms with Gasteiger partial charge in [-0.25, -0.2) is 4.99 Å². The van der Waals surface area contributed by atoms with Gasteiger partial charge in [-0.2, -0.15) is 0 Å². The topological polar surface area (TPSA) is 67.9 Å². The van der Waals surface area contributed by atoms with E-state index in [0.29, 0.717) is 22.3 Å². The maximum atomic E-state index is 11.3. The molecule has 7 heteroatoms. The monoisotopic (exact) mass is 287 g/mol. The predicted molar refractivity (Wildman–Crippen MR) is 70.2 cm³/mol. The number of nitrogens with zero attached hydrogens (tertiary/aromatic N) is 2. The van der Waals surface area contributed by atoms with Crippen LogP contribution in [0.4, 0.5) is 5.69 Å². The van der Waals surface area contributed by atoms with Gasteiger partial charge < -0.3 is 15.4 Å². The van der Waals surface area contributed by atoms with Crippen LogP contribution in [0.1, 0.15) is 5.56 Å². The smallest absolute Gasteiger partial charge is 0.325 e. The Morgan fingerprint density at radius 3 is 2.94 bits per heavy atom. The molecule has 1 aromatic rings. The van der Waals surface area contributed by atoms with Crippen LogP contribution in [0.2, 0.25) is 10.0 Å². The Morgan fingerprint density at radius 2 is 2.28 bits per heavy atom. The van der Waals surface area contributed by atoms with Gasteiger partial charge in [0.15, 0.2) is 5.96 Å². The number of hydrogen-bond donors (Lipinski definition) is 1. The lowest BCUT2D eigenvalue weighted by Crippen LogP contribution is -2.42. The minimum Gasteiger partial charge on any atom is -0.468 e. The summed E-state index contributed by atoms with van der Waals surface area (Å²) in [5, 5.41) is 0.879. The maximum Gasteiger partial charge on any atom is 0.325 e. The Labute approximate surface area is 114 Å². The summed E-state index contributed by atoms with van der Waals surface area (Å²) >= 11 is 12.1. The fourth-order valence-electron chi connectivity index (χ4n) is 1.66. The quantitative estimate of drug-likeness (QED) is 0.844. The second kappa shape index (κ2) is 5.04. The van der Waals surface area contributed by atoms with Crippen LogP contribution in [0.5, 0.6) is 0 Å². The third kappa shape index (κ3) is 2.37. The highest BCUT2D eigenvalue weighted by molar-refractivity contribution is 6.42. The molecule has 0 amide bonds. The van der Waals surface area contributed by atoms with E-state index in [0.717, 1.165) is 5.56 Å². The highest BCUT2D eigenvalue weighted by Gasteiger charge is 2.23. The molecule has 2 rings (SSSR count). The van der Waals surface area contributed by atoms with Crippen LogP contribution in [0.3, 0.4) is 0 Å². The number of ether oxygens (including phenoxy) is 1. The number of carbonyl (C=O) groups is 1. The third-order valence-corrected chi connectivity index (χ3v) is 3.47. The number of rotatable bonds is 2. The summed E-state index contributed by atoms with van der Waals surface area (Å²) in [6.07, 6.45) is 0. The number of guanidine groups is 1. The molecule has 18 heavy (non-hydrogen) atoms. The molecule has 0 saturated heterocycles. The summed E-state index contributed by atoms with van der Waals surface area (Å²) in [5.41, 5.74) is 7.20. The molecule has 1 aliphatic rings. The summed E-state index contributed by atoms with van der Waals surface area (Å²) in [4.78, 5) is 17.0. The fourth-order valence-corrected chi connectivity index (χ4v) is 2.06. The molecular weight excluding hydrogens is 277 g/mol. The standard InChI is InChI=1S/C11H11Cl2N3O2/c1-18-9(17)5-16-4-6-8(15-11(16)14)3-2-7(12)10(6)13/h2-3H,4-5H2,1H3,(H2,14,15). The van der Waals surface area contributed by atoms with Crippen LogP contribution in [0, 0.1) is 0 Å². The normalized spacial score (nSPS) is 13.9. The largest absolute Gasteiger partial charge is 0.468 e. The molecule has 1 heterocycles. The molecular formula is C11H11Cl2N3O2. The molecule has 96 valence electrons. The first-order chi connectivity index (χ1) is 8.52. The number of fused-ring (bicyclic) bond motifs is 1. The Balaban J connectivity index is 2.33. The van der Waals surface area contributed by atoms with Crippen molar-refractivity contribution in [3.8, 4) is 0 Å². The number of carbonyl (C=O) groups excluding carboxylic acids is 1. The Kier molecular flexibility index (Phi) is 3.63. The van der Waals surface area contributed by atoms with Gasteiger partial charge in [-0.05, 0) is 12.1 Å². The van der Waals surface area contributed by atoms with Crippen molar-refractivity contribution in [2.75, 3.05) is 13.7 Å². The average Bonchev–Trinajstić information content (AvgIpc) is 2.36. The highest BCUT2D eigenvalue weighted by Crippen LogP contribution is 2.36. The minimum atomic E-state index is -0.394. The maximum absolute atomic E-state index is 11.3. The van der Waals surface area contributed by atoms with Crippen molar-refractivity contribution in [3.05, 3.63) is 27.7 Å². The summed E-state index contributed by atoms with van der Waals surface area (Å²) in [7, 11) is 1.32. The van der Waals surface area contributed by atoms with Gasteiger partial charge in [-0.1, -0.05) is 23.2 Å². The average molecular weight is 288 g/mol. The number of esters is 1. The molecule has 5 nitrogen and oxygen atoms in total. The van der Waals surface area contributed by atoms with Gasteiger partial charge in [0.2, 0.25) is 0 Å². The molecule has 0 saturated carbocycles. The van der Waals surface area contributed by atoms with Gasteiger partial charge in [-0.15, -0.1) is 0 Å². The second-order valence-corrected chi connectivity index (χ2v) is 4.55. The number of halogens is 2. The molecule has 2 N–H and O–H groups in total. The van der Waals surface area contributed by atoms with E-state index in [1.807, 2.05) is 0 Å². The van der Waals surface area contributed by atoms with Gasteiger partial charge in [0, 0.05) is 5.56 Å². The van der Waals surface area contributed by atoms with Crippen LogP contribution in [0.15, 0.2) is 17.1 Å². The molecule has 0 radical (unpaired) electrons. The molecule has 0 spiro atoms. The van der Waals surface area contributed by atoms with Crippen LogP contribution in [-0.4, -0.2) is 30.5 Å². The lowest BCUT2D eigenvalue weighted by molar-refractivity contribution is -0.141. The van der Waals surface area contributed by atoms with Crippen LogP contribution >= 0.6 is 23.2 Å². The zero-order valence-electron chi connectivity index (χ0n) is 9.61. The second-order valence-electron chi connectivity index (χ2n) is 3.76. The van der Waals surface area contributed by atoms with E-state index >= 15 is 0 Å². The van der Waals surface area contributed by atoms with E-state index < -0.39 is 5.97 Å². The van der Waals surface area contributed by atoms with Crippen LogP contribution in [-0.2, 0) is 16.1 Å². The molecule has 0 fully saturated rings. The number of nitrogens with two attached hydrogens (primary N) is 1. The molecule has 0 unspecified atom stereocenters.